The number of unbranched alkanes of at least 4 members (excludes halogenated alkanes) is 1. The first kappa shape index (κ1) is 22.7. The summed E-state index contributed by atoms with van der Waals surface area (Å²) in [5.74, 6) is 1.35. The van der Waals surface area contributed by atoms with E-state index in [1.54, 1.807) is 0 Å². The summed E-state index contributed by atoms with van der Waals surface area (Å²) in [5, 5.41) is 0. The molecule has 0 unspecified atom stereocenters. The Morgan fingerprint density at radius 1 is 0.808 bits per heavy atom. The molecule has 0 aromatic heterocycles. The van der Waals surface area contributed by atoms with Gasteiger partial charge in [0.1, 0.15) is 6.10 Å². The predicted octanol–water partition coefficient (Wildman–Crippen LogP) is 7.43. The summed E-state index contributed by atoms with van der Waals surface area (Å²) < 4.78 is 5.94. The van der Waals surface area contributed by atoms with E-state index < -0.39 is 0 Å². The van der Waals surface area contributed by atoms with Gasteiger partial charge in [0.15, 0.2) is 0 Å². The first-order valence-corrected chi connectivity index (χ1v) is 10.9. The smallest absolute Gasteiger partial charge is 0.338 e. The maximum atomic E-state index is 12.5. The molecule has 0 amide bonds. The van der Waals surface area contributed by atoms with Gasteiger partial charge in [-0.1, -0.05) is 84.4 Å². The Morgan fingerprint density at radius 3 is 1.92 bits per heavy atom. The third kappa shape index (κ3) is 8.87. The molecule has 0 aliphatic heterocycles. The van der Waals surface area contributed by atoms with Crippen LogP contribution in [0.4, 0.5) is 0 Å². The molecule has 0 fully saturated rings. The number of carbonyl (C=O) groups excluding carboxylic acids is 1. The van der Waals surface area contributed by atoms with Gasteiger partial charge in [-0.2, -0.15) is 0 Å². The Hall–Kier alpha value is -1.31. The van der Waals surface area contributed by atoms with E-state index in [-0.39, 0.29) is 12.1 Å². The molecule has 1 rings (SSSR count). The van der Waals surface area contributed by atoms with Crippen LogP contribution in [0.15, 0.2) is 30.3 Å². The second-order valence-corrected chi connectivity index (χ2v) is 7.65. The zero-order valence-corrected chi connectivity index (χ0v) is 17.5. The summed E-state index contributed by atoms with van der Waals surface area (Å²) in [7, 11) is 0. The summed E-state index contributed by atoms with van der Waals surface area (Å²) in [4.78, 5) is 12.5. The number of hydrogen-bond donors (Lipinski definition) is 0. The standard InChI is InChI=1S/C24H40O2/c1-5-9-13-21(8-4)17-19-23(18-16-20(6-2)7-3)26-24(25)22-14-11-10-12-15-22/h10-12,14-15,20-21,23H,5-9,13,16-19H2,1-4H3/t21-,23-/m1/s1. The molecule has 148 valence electrons. The summed E-state index contributed by atoms with van der Waals surface area (Å²) >= 11 is 0. The molecule has 1 aromatic carbocycles. The van der Waals surface area contributed by atoms with Crippen molar-refractivity contribution in [2.45, 2.75) is 98.0 Å². The number of esters is 1. The van der Waals surface area contributed by atoms with Crippen molar-refractivity contribution in [3.63, 3.8) is 0 Å². The van der Waals surface area contributed by atoms with Gasteiger partial charge < -0.3 is 4.74 Å². The molecular weight excluding hydrogens is 320 g/mol. The highest BCUT2D eigenvalue weighted by Crippen LogP contribution is 2.25. The molecule has 0 aliphatic rings. The molecular formula is C24H40O2. The summed E-state index contributed by atoms with van der Waals surface area (Å²) in [6.45, 7) is 9.07. The van der Waals surface area contributed by atoms with Crippen molar-refractivity contribution in [1.29, 1.82) is 0 Å². The molecule has 0 bridgehead atoms. The highest BCUT2D eigenvalue weighted by Gasteiger charge is 2.19. The normalized spacial score (nSPS) is 13.6. The fourth-order valence-corrected chi connectivity index (χ4v) is 3.64. The van der Waals surface area contributed by atoms with Crippen LogP contribution in [-0.2, 0) is 4.74 Å². The van der Waals surface area contributed by atoms with Crippen LogP contribution in [-0.4, -0.2) is 12.1 Å². The average molecular weight is 361 g/mol. The lowest BCUT2D eigenvalue weighted by molar-refractivity contribution is 0.0227. The maximum absolute atomic E-state index is 12.5. The maximum Gasteiger partial charge on any atom is 0.338 e. The van der Waals surface area contributed by atoms with Crippen LogP contribution < -0.4 is 0 Å². The lowest BCUT2D eigenvalue weighted by atomic mass is 9.90. The van der Waals surface area contributed by atoms with Crippen LogP contribution in [0, 0.1) is 11.8 Å². The zero-order valence-electron chi connectivity index (χ0n) is 17.5. The third-order valence-electron chi connectivity index (χ3n) is 5.77. The molecule has 2 nitrogen and oxygen atoms in total. The highest BCUT2D eigenvalue weighted by molar-refractivity contribution is 5.89. The second kappa shape index (κ2) is 13.8. The number of ether oxygens (including phenoxy) is 1. The van der Waals surface area contributed by atoms with Gasteiger partial charge in [-0.3, -0.25) is 0 Å². The molecule has 2 atom stereocenters. The molecule has 0 aliphatic carbocycles. The third-order valence-corrected chi connectivity index (χ3v) is 5.77. The van der Waals surface area contributed by atoms with E-state index in [4.69, 9.17) is 4.74 Å². The SMILES string of the molecule is CCCC[C@@H](CC)CC[C@@H](CCC(CC)CC)OC(=O)c1ccccc1. The van der Waals surface area contributed by atoms with E-state index in [0.29, 0.717) is 5.56 Å². The van der Waals surface area contributed by atoms with Crippen LogP contribution in [0.1, 0.15) is 102 Å². The first-order valence-electron chi connectivity index (χ1n) is 10.9. The van der Waals surface area contributed by atoms with Crippen molar-refractivity contribution < 1.29 is 9.53 Å². The summed E-state index contributed by atoms with van der Waals surface area (Å²) in [6.07, 6.45) is 11.9. The van der Waals surface area contributed by atoms with E-state index in [1.165, 1.54) is 44.9 Å². The fraction of sp³-hybridized carbons (Fsp3) is 0.708. The van der Waals surface area contributed by atoms with Gasteiger partial charge in [-0.15, -0.1) is 0 Å². The minimum Gasteiger partial charge on any atom is -0.459 e. The Bertz CT molecular complexity index is 464. The molecule has 2 heteroatoms. The molecule has 0 N–H and O–H groups in total. The van der Waals surface area contributed by atoms with Gasteiger partial charge >= 0.3 is 5.97 Å². The first-order chi connectivity index (χ1) is 12.6. The topological polar surface area (TPSA) is 26.3 Å². The Labute approximate surface area is 161 Å². The fourth-order valence-electron chi connectivity index (χ4n) is 3.64. The molecule has 1 aromatic rings. The lowest BCUT2D eigenvalue weighted by Crippen LogP contribution is -2.20. The van der Waals surface area contributed by atoms with Crippen molar-refractivity contribution >= 4 is 5.97 Å². The van der Waals surface area contributed by atoms with Crippen molar-refractivity contribution in [1.82, 2.24) is 0 Å². The Balaban J connectivity index is 2.63. The molecule has 0 saturated heterocycles. The molecule has 0 saturated carbocycles. The van der Waals surface area contributed by atoms with Crippen LogP contribution in [0.5, 0.6) is 0 Å². The van der Waals surface area contributed by atoms with Crippen molar-refractivity contribution in [2.75, 3.05) is 0 Å². The molecule has 26 heavy (non-hydrogen) atoms. The van der Waals surface area contributed by atoms with Gasteiger partial charge in [0.2, 0.25) is 0 Å². The zero-order chi connectivity index (χ0) is 19.2. The van der Waals surface area contributed by atoms with Crippen LogP contribution in [0.2, 0.25) is 0 Å². The second-order valence-electron chi connectivity index (χ2n) is 7.65. The van der Waals surface area contributed by atoms with E-state index in [2.05, 4.69) is 27.7 Å². The molecule has 0 radical (unpaired) electrons. The predicted molar refractivity (Wildman–Crippen MR) is 111 cm³/mol. The van der Waals surface area contributed by atoms with Crippen molar-refractivity contribution in [3.05, 3.63) is 35.9 Å². The Kier molecular flexibility index (Phi) is 12.1. The van der Waals surface area contributed by atoms with Crippen molar-refractivity contribution in [3.8, 4) is 0 Å². The summed E-state index contributed by atoms with van der Waals surface area (Å²) in [5.41, 5.74) is 0.665. The van der Waals surface area contributed by atoms with Crippen LogP contribution >= 0.6 is 0 Å². The van der Waals surface area contributed by atoms with Gasteiger partial charge in [0, 0.05) is 0 Å². The quantitative estimate of drug-likeness (QED) is 0.322. The Morgan fingerprint density at radius 2 is 1.38 bits per heavy atom. The molecule has 0 heterocycles. The number of hydrogen-bond acceptors (Lipinski definition) is 2. The number of rotatable bonds is 14. The monoisotopic (exact) mass is 360 g/mol. The minimum absolute atomic E-state index is 0.0546. The number of benzene rings is 1. The molecule has 0 spiro atoms. The van der Waals surface area contributed by atoms with Gasteiger partial charge in [0.25, 0.3) is 0 Å². The van der Waals surface area contributed by atoms with Gasteiger partial charge in [-0.05, 0) is 49.7 Å². The lowest BCUT2D eigenvalue weighted by Gasteiger charge is -2.23. The van der Waals surface area contributed by atoms with Gasteiger partial charge in [-0.25, -0.2) is 4.79 Å². The van der Waals surface area contributed by atoms with Crippen LogP contribution in [0.3, 0.4) is 0 Å². The van der Waals surface area contributed by atoms with Crippen molar-refractivity contribution in [2.24, 2.45) is 11.8 Å². The summed E-state index contributed by atoms with van der Waals surface area (Å²) in [6, 6.07) is 9.41. The largest absolute Gasteiger partial charge is 0.459 e. The van der Waals surface area contributed by atoms with E-state index in [9.17, 15) is 4.79 Å². The highest BCUT2D eigenvalue weighted by atomic mass is 16.5. The van der Waals surface area contributed by atoms with E-state index >= 15 is 0 Å². The number of carbonyl (C=O) groups is 1. The minimum atomic E-state index is -0.165. The van der Waals surface area contributed by atoms with Gasteiger partial charge in [0.05, 0.1) is 5.56 Å². The van der Waals surface area contributed by atoms with E-state index in [0.717, 1.165) is 31.1 Å². The van der Waals surface area contributed by atoms with Crippen LogP contribution in [0.25, 0.3) is 0 Å². The average Bonchev–Trinajstić information content (AvgIpc) is 2.69. The van der Waals surface area contributed by atoms with E-state index in [1.807, 2.05) is 30.3 Å².